The Morgan fingerprint density at radius 2 is 2.05 bits per heavy atom. The molecule has 2 heterocycles. The van der Waals surface area contributed by atoms with E-state index >= 15 is 0 Å². The Balaban J connectivity index is 1.97. The molecule has 0 saturated carbocycles. The zero-order valence-corrected chi connectivity index (χ0v) is 12.8. The molecule has 0 aliphatic carbocycles. The number of para-hydroxylation sites is 1. The summed E-state index contributed by atoms with van der Waals surface area (Å²) >= 11 is 0. The number of aromatic nitrogens is 1. The van der Waals surface area contributed by atoms with E-state index in [2.05, 4.69) is 23.0 Å². The molecule has 1 fully saturated rings. The molecule has 1 aliphatic rings. The first-order chi connectivity index (χ1) is 10.7. The molecule has 0 unspecified atom stereocenters. The first-order valence-electron chi connectivity index (χ1n) is 7.33. The lowest BCUT2D eigenvalue weighted by Gasteiger charge is -2.29. The fourth-order valence-corrected chi connectivity index (χ4v) is 2.63. The molecule has 1 aromatic carbocycles. The minimum absolute atomic E-state index is 0.334. The van der Waals surface area contributed by atoms with E-state index in [1.807, 2.05) is 24.3 Å². The smallest absolute Gasteiger partial charge is 0.235 e. The number of nitrogens with one attached hydrogen (secondary N) is 1. The van der Waals surface area contributed by atoms with Crippen molar-refractivity contribution in [2.75, 3.05) is 45.2 Å². The molecule has 2 aromatic rings. The highest BCUT2D eigenvalue weighted by molar-refractivity contribution is 5.65. The average Bonchev–Trinajstić information content (AvgIpc) is 2.99. The van der Waals surface area contributed by atoms with Crippen molar-refractivity contribution in [3.8, 4) is 23.3 Å². The van der Waals surface area contributed by atoms with Crippen molar-refractivity contribution in [3.63, 3.8) is 0 Å². The third-order valence-corrected chi connectivity index (χ3v) is 3.96. The number of nitriles is 1. The van der Waals surface area contributed by atoms with E-state index in [1.165, 1.54) is 4.90 Å². The Morgan fingerprint density at radius 3 is 2.73 bits per heavy atom. The Bertz CT molecular complexity index is 696. The van der Waals surface area contributed by atoms with Crippen LogP contribution in [-0.2, 0) is 0 Å². The molecule has 0 amide bonds. The lowest BCUT2D eigenvalue weighted by molar-refractivity contribution is -0.880. The fraction of sp³-hybridized carbons (Fsp3) is 0.375. The maximum absolute atomic E-state index is 9.35. The van der Waals surface area contributed by atoms with Gasteiger partial charge in [-0.25, -0.2) is 0 Å². The summed E-state index contributed by atoms with van der Waals surface area (Å²) in [4.78, 5) is 7.93. The van der Waals surface area contributed by atoms with Gasteiger partial charge in [-0.05, 0) is 12.1 Å². The number of benzene rings is 1. The third kappa shape index (κ3) is 2.63. The van der Waals surface area contributed by atoms with Crippen molar-refractivity contribution in [2.45, 2.75) is 0 Å². The maximum atomic E-state index is 9.35. The number of methoxy groups -OCH3 is 1. The summed E-state index contributed by atoms with van der Waals surface area (Å²) in [6, 6.07) is 9.65. The van der Waals surface area contributed by atoms with Gasteiger partial charge >= 0.3 is 0 Å². The van der Waals surface area contributed by atoms with Crippen LogP contribution in [0.4, 0.5) is 5.88 Å². The minimum atomic E-state index is 0.334. The Morgan fingerprint density at radius 1 is 1.32 bits per heavy atom. The van der Waals surface area contributed by atoms with Gasteiger partial charge in [-0.3, -0.25) is 0 Å². The van der Waals surface area contributed by atoms with Crippen LogP contribution in [0.2, 0.25) is 0 Å². The van der Waals surface area contributed by atoms with Crippen LogP contribution >= 0.6 is 0 Å². The van der Waals surface area contributed by atoms with E-state index in [0.29, 0.717) is 23.2 Å². The molecule has 6 heteroatoms. The molecule has 22 heavy (non-hydrogen) atoms. The number of hydrogen-bond donors (Lipinski definition) is 1. The van der Waals surface area contributed by atoms with Gasteiger partial charge < -0.3 is 19.0 Å². The van der Waals surface area contributed by atoms with Crippen molar-refractivity contribution in [2.24, 2.45) is 0 Å². The second-order valence-corrected chi connectivity index (χ2v) is 5.43. The van der Waals surface area contributed by atoms with Gasteiger partial charge in [0.05, 0.1) is 45.9 Å². The predicted octanol–water partition coefficient (Wildman–Crippen LogP) is 0.557. The lowest BCUT2D eigenvalue weighted by Crippen LogP contribution is -3.12. The number of quaternary nitrogens is 1. The summed E-state index contributed by atoms with van der Waals surface area (Å²) in [5.41, 5.74) is 1.09. The van der Waals surface area contributed by atoms with E-state index in [-0.39, 0.29) is 0 Å². The number of likely N-dealkylation sites (N-methyl/N-ethyl adjacent to an activating group) is 1. The van der Waals surface area contributed by atoms with Crippen LogP contribution in [0, 0.1) is 11.3 Å². The number of anilines is 1. The van der Waals surface area contributed by atoms with Crippen LogP contribution in [0.5, 0.6) is 5.75 Å². The largest absolute Gasteiger partial charge is 0.496 e. The highest BCUT2D eigenvalue weighted by Crippen LogP contribution is 2.33. The highest BCUT2D eigenvalue weighted by atomic mass is 16.5. The SMILES string of the molecule is COc1ccccc1-c1nc(C#N)c(N2CC[NH+](C)CC2)o1. The number of ether oxygens (including phenoxy) is 1. The van der Waals surface area contributed by atoms with Crippen molar-refractivity contribution >= 4 is 5.88 Å². The third-order valence-electron chi connectivity index (χ3n) is 3.96. The van der Waals surface area contributed by atoms with Gasteiger partial charge in [-0.2, -0.15) is 10.2 Å². The zero-order valence-electron chi connectivity index (χ0n) is 12.8. The standard InChI is InChI=1S/C16H18N4O2/c1-19-7-9-20(10-8-19)16-13(11-17)18-15(22-16)12-5-3-4-6-14(12)21-2/h3-6H,7-10H2,1-2H3/p+1. The van der Waals surface area contributed by atoms with Gasteiger partial charge in [0.2, 0.25) is 17.5 Å². The number of hydrogen-bond acceptors (Lipinski definition) is 5. The van der Waals surface area contributed by atoms with E-state index in [0.717, 1.165) is 31.7 Å². The van der Waals surface area contributed by atoms with Crippen molar-refractivity contribution < 1.29 is 14.1 Å². The van der Waals surface area contributed by atoms with E-state index < -0.39 is 0 Å². The van der Waals surface area contributed by atoms with E-state index in [9.17, 15) is 5.26 Å². The molecular weight excluding hydrogens is 280 g/mol. The zero-order chi connectivity index (χ0) is 15.5. The van der Waals surface area contributed by atoms with Crippen LogP contribution in [0.15, 0.2) is 28.7 Å². The van der Waals surface area contributed by atoms with Crippen LogP contribution in [0.25, 0.3) is 11.5 Å². The quantitative estimate of drug-likeness (QED) is 0.897. The van der Waals surface area contributed by atoms with Crippen molar-refractivity contribution in [1.82, 2.24) is 4.98 Å². The molecule has 0 radical (unpaired) electrons. The Hall–Kier alpha value is -2.52. The van der Waals surface area contributed by atoms with Gasteiger partial charge in [0.25, 0.3) is 0 Å². The molecule has 1 saturated heterocycles. The summed E-state index contributed by atoms with van der Waals surface area (Å²) < 4.78 is 11.3. The molecule has 0 atom stereocenters. The predicted molar refractivity (Wildman–Crippen MR) is 82.0 cm³/mol. The van der Waals surface area contributed by atoms with Gasteiger partial charge in [-0.15, -0.1) is 0 Å². The number of piperazine rings is 1. The summed E-state index contributed by atoms with van der Waals surface area (Å²) in [7, 11) is 3.78. The Labute approximate surface area is 129 Å². The monoisotopic (exact) mass is 299 g/mol. The van der Waals surface area contributed by atoms with Crippen LogP contribution in [-0.4, -0.2) is 45.3 Å². The maximum Gasteiger partial charge on any atom is 0.235 e. The van der Waals surface area contributed by atoms with Crippen LogP contribution in [0.1, 0.15) is 5.69 Å². The molecule has 114 valence electrons. The Kier molecular flexibility index (Phi) is 3.98. The molecule has 6 nitrogen and oxygen atoms in total. The number of oxazole rings is 1. The van der Waals surface area contributed by atoms with E-state index in [4.69, 9.17) is 9.15 Å². The number of rotatable bonds is 3. The first-order valence-corrected chi connectivity index (χ1v) is 7.33. The molecule has 0 bridgehead atoms. The van der Waals surface area contributed by atoms with Gasteiger partial charge in [0.15, 0.2) is 0 Å². The van der Waals surface area contributed by atoms with Crippen molar-refractivity contribution in [3.05, 3.63) is 30.0 Å². The summed E-state index contributed by atoms with van der Waals surface area (Å²) in [6.45, 7) is 3.77. The normalized spacial score (nSPS) is 15.6. The summed E-state index contributed by atoms with van der Waals surface area (Å²) in [6.07, 6.45) is 0. The summed E-state index contributed by atoms with van der Waals surface area (Å²) in [5, 5.41) is 9.35. The number of nitrogens with zero attached hydrogens (tertiary/aromatic N) is 3. The van der Waals surface area contributed by atoms with Gasteiger partial charge in [0.1, 0.15) is 11.8 Å². The molecular formula is C16H19N4O2+. The van der Waals surface area contributed by atoms with Crippen LogP contribution < -0.4 is 14.5 Å². The molecule has 1 N–H and O–H groups in total. The molecule has 3 rings (SSSR count). The average molecular weight is 299 g/mol. The van der Waals surface area contributed by atoms with Gasteiger partial charge in [-0.1, -0.05) is 12.1 Å². The topological polar surface area (TPSA) is 66.7 Å². The molecule has 1 aliphatic heterocycles. The van der Waals surface area contributed by atoms with E-state index in [1.54, 1.807) is 7.11 Å². The minimum Gasteiger partial charge on any atom is -0.496 e. The van der Waals surface area contributed by atoms with Gasteiger partial charge in [0, 0.05) is 0 Å². The van der Waals surface area contributed by atoms with Crippen molar-refractivity contribution in [1.29, 1.82) is 5.26 Å². The second kappa shape index (κ2) is 6.08. The fourth-order valence-electron chi connectivity index (χ4n) is 2.63. The lowest BCUT2D eigenvalue weighted by atomic mass is 10.2. The second-order valence-electron chi connectivity index (χ2n) is 5.43. The van der Waals surface area contributed by atoms with Crippen LogP contribution in [0.3, 0.4) is 0 Å². The highest BCUT2D eigenvalue weighted by Gasteiger charge is 2.25. The molecule has 1 aromatic heterocycles. The molecule has 0 spiro atoms. The summed E-state index contributed by atoms with van der Waals surface area (Å²) in [5.74, 6) is 1.67. The first kappa shape index (κ1) is 14.4.